The maximum atomic E-state index is 13.7. The highest BCUT2D eigenvalue weighted by Crippen LogP contribution is 2.64. The lowest BCUT2D eigenvalue weighted by atomic mass is 9.43. The summed E-state index contributed by atoms with van der Waals surface area (Å²) < 4.78 is 0. The molecule has 1 saturated heterocycles. The summed E-state index contributed by atoms with van der Waals surface area (Å²) in [6, 6.07) is 8.80. The lowest BCUT2D eigenvalue weighted by molar-refractivity contribution is -0.179. The van der Waals surface area contributed by atoms with Crippen LogP contribution in [0.5, 0.6) is 0 Å². The molecule has 3 heteroatoms. The zero-order chi connectivity index (χ0) is 17.2. The van der Waals surface area contributed by atoms with E-state index < -0.39 is 0 Å². The van der Waals surface area contributed by atoms with Gasteiger partial charge in [-0.25, -0.2) is 0 Å². The van der Waals surface area contributed by atoms with Gasteiger partial charge in [0.25, 0.3) is 0 Å². The van der Waals surface area contributed by atoms with E-state index in [2.05, 4.69) is 31.2 Å². The van der Waals surface area contributed by atoms with Gasteiger partial charge in [0.15, 0.2) is 0 Å². The normalized spacial score (nSPS) is 39.5. The third-order valence-corrected chi connectivity index (χ3v) is 7.76. The van der Waals surface area contributed by atoms with Crippen LogP contribution in [0, 0.1) is 36.0 Å². The average molecular weight is 339 g/mol. The molecule has 134 valence electrons. The van der Waals surface area contributed by atoms with E-state index in [1.165, 1.54) is 43.2 Å². The van der Waals surface area contributed by atoms with Gasteiger partial charge in [0.2, 0.25) is 5.91 Å². The van der Waals surface area contributed by atoms with Gasteiger partial charge in [-0.1, -0.05) is 29.8 Å². The van der Waals surface area contributed by atoms with E-state index in [1.807, 2.05) is 4.90 Å². The van der Waals surface area contributed by atoms with Crippen molar-refractivity contribution in [3.63, 3.8) is 0 Å². The molecule has 0 aromatic heterocycles. The molecule has 6 rings (SSSR count). The van der Waals surface area contributed by atoms with Gasteiger partial charge in [0.1, 0.15) is 0 Å². The quantitative estimate of drug-likeness (QED) is 0.919. The van der Waals surface area contributed by atoms with Crippen molar-refractivity contribution in [2.75, 3.05) is 13.1 Å². The Bertz CT molecular complexity index is 646. The first-order valence-electron chi connectivity index (χ1n) is 10.1. The van der Waals surface area contributed by atoms with Crippen LogP contribution in [0.2, 0.25) is 0 Å². The van der Waals surface area contributed by atoms with Crippen LogP contribution in [0.1, 0.15) is 43.2 Å². The molecule has 1 N–H and O–H groups in total. The van der Waals surface area contributed by atoms with Gasteiger partial charge < -0.3 is 10.0 Å². The molecule has 1 aliphatic heterocycles. The molecule has 4 bridgehead atoms. The van der Waals surface area contributed by atoms with Crippen LogP contribution in [-0.2, 0) is 11.2 Å². The van der Waals surface area contributed by atoms with E-state index in [9.17, 15) is 9.90 Å². The van der Waals surface area contributed by atoms with Gasteiger partial charge in [-0.05, 0) is 74.7 Å². The molecule has 3 nitrogen and oxygen atoms in total. The molecule has 25 heavy (non-hydrogen) atoms. The van der Waals surface area contributed by atoms with Crippen molar-refractivity contribution in [1.82, 2.24) is 4.90 Å². The monoisotopic (exact) mass is 339 g/mol. The van der Waals surface area contributed by atoms with Crippen LogP contribution < -0.4 is 0 Å². The lowest BCUT2D eigenvalue weighted by Crippen LogP contribution is -2.65. The van der Waals surface area contributed by atoms with E-state index in [0.29, 0.717) is 30.8 Å². The molecular formula is C22H29NO2. The highest BCUT2D eigenvalue weighted by Gasteiger charge is 2.62. The van der Waals surface area contributed by atoms with Crippen LogP contribution >= 0.6 is 0 Å². The van der Waals surface area contributed by atoms with Crippen molar-refractivity contribution in [2.45, 2.75) is 51.6 Å². The van der Waals surface area contributed by atoms with Crippen molar-refractivity contribution in [2.24, 2.45) is 29.1 Å². The Kier molecular flexibility index (Phi) is 3.54. The molecule has 1 aromatic carbocycles. The molecule has 1 heterocycles. The van der Waals surface area contributed by atoms with Gasteiger partial charge in [-0.2, -0.15) is 0 Å². The Morgan fingerprint density at radius 2 is 1.60 bits per heavy atom. The number of nitrogens with zero attached hydrogens (tertiary/aromatic N) is 1. The second-order valence-corrected chi connectivity index (χ2v) is 9.37. The van der Waals surface area contributed by atoms with Crippen LogP contribution in [0.4, 0.5) is 0 Å². The minimum Gasteiger partial charge on any atom is -0.389 e. The first kappa shape index (κ1) is 15.9. The van der Waals surface area contributed by atoms with E-state index in [0.717, 1.165) is 18.3 Å². The first-order chi connectivity index (χ1) is 12.0. The number of likely N-dealkylation sites (tertiary alicyclic amines) is 1. The van der Waals surface area contributed by atoms with Crippen molar-refractivity contribution in [1.29, 1.82) is 0 Å². The van der Waals surface area contributed by atoms with Crippen molar-refractivity contribution in [3.8, 4) is 0 Å². The molecule has 1 amide bonds. The van der Waals surface area contributed by atoms with Gasteiger partial charge in [0.05, 0.1) is 11.5 Å². The van der Waals surface area contributed by atoms with Crippen LogP contribution in [0.3, 0.4) is 0 Å². The summed E-state index contributed by atoms with van der Waals surface area (Å²) >= 11 is 0. The first-order valence-corrected chi connectivity index (χ1v) is 10.1. The number of aliphatic hydroxyl groups excluding tert-OH is 1. The number of carbonyl (C=O) groups is 1. The van der Waals surface area contributed by atoms with E-state index in [1.54, 1.807) is 0 Å². The van der Waals surface area contributed by atoms with Crippen molar-refractivity contribution >= 4 is 5.91 Å². The molecule has 0 spiro atoms. The molecule has 5 aliphatic rings. The second kappa shape index (κ2) is 5.57. The van der Waals surface area contributed by atoms with Gasteiger partial charge in [-0.3, -0.25) is 4.79 Å². The Labute approximate surface area is 150 Å². The Hall–Kier alpha value is -1.35. The maximum Gasteiger partial charge on any atom is 0.229 e. The van der Waals surface area contributed by atoms with E-state index in [4.69, 9.17) is 0 Å². The molecule has 4 aliphatic carbocycles. The largest absolute Gasteiger partial charge is 0.389 e. The minimum absolute atomic E-state index is 0.206. The Morgan fingerprint density at radius 1 is 1.04 bits per heavy atom. The Balaban J connectivity index is 1.51. The van der Waals surface area contributed by atoms with Crippen molar-refractivity contribution in [3.05, 3.63) is 35.4 Å². The van der Waals surface area contributed by atoms with Crippen LogP contribution in [0.15, 0.2) is 24.3 Å². The fraction of sp³-hybridized carbons (Fsp3) is 0.682. The number of aryl methyl sites for hydroxylation is 1. The number of β-amino-alcohol motifs (C(OH)–C–C–N with tert-alkyl or cyclic N) is 1. The third-order valence-electron chi connectivity index (χ3n) is 7.76. The second-order valence-electron chi connectivity index (χ2n) is 9.37. The SMILES string of the molecule is Cc1ccc(CC2(C(=O)N3CC(O)C3)C3CC4CC(C3)CC2C4)cc1. The summed E-state index contributed by atoms with van der Waals surface area (Å²) in [4.78, 5) is 15.6. The van der Waals surface area contributed by atoms with E-state index >= 15 is 0 Å². The standard InChI is InChI=1S/C22H29NO2/c1-14-2-4-15(5-3-14)11-22(21(25)23-12-20(24)13-23)18-7-16-6-17(9-18)10-19(22)8-16/h2-5,16-20,24H,6-13H2,1H3. The predicted octanol–water partition coefficient (Wildman–Crippen LogP) is 3.18. The van der Waals surface area contributed by atoms with E-state index in [-0.39, 0.29) is 11.5 Å². The van der Waals surface area contributed by atoms with Gasteiger partial charge >= 0.3 is 0 Å². The molecule has 1 aromatic rings. The molecule has 4 saturated carbocycles. The third kappa shape index (κ3) is 2.38. The summed E-state index contributed by atoms with van der Waals surface area (Å²) in [7, 11) is 0. The molecule has 5 fully saturated rings. The minimum atomic E-state index is -0.308. The summed E-state index contributed by atoms with van der Waals surface area (Å²) in [5.74, 6) is 3.18. The lowest BCUT2D eigenvalue weighted by Gasteiger charge is -2.62. The van der Waals surface area contributed by atoms with Crippen LogP contribution in [-0.4, -0.2) is 35.1 Å². The number of aliphatic hydroxyl groups is 1. The fourth-order valence-corrected chi connectivity index (χ4v) is 6.70. The van der Waals surface area contributed by atoms with Gasteiger partial charge in [0, 0.05) is 13.1 Å². The average Bonchev–Trinajstić information content (AvgIpc) is 2.56. The summed E-state index contributed by atoms with van der Waals surface area (Å²) in [5, 5.41) is 9.73. The number of rotatable bonds is 3. The highest BCUT2D eigenvalue weighted by molar-refractivity contribution is 5.85. The number of hydrogen-bond acceptors (Lipinski definition) is 2. The zero-order valence-electron chi connectivity index (χ0n) is 15.2. The number of carbonyl (C=O) groups excluding carboxylic acids is 1. The number of amides is 1. The summed E-state index contributed by atoms with van der Waals surface area (Å²) in [6.07, 6.45) is 7.00. The topological polar surface area (TPSA) is 40.5 Å². The molecule has 0 radical (unpaired) electrons. The number of benzene rings is 1. The number of hydrogen-bond donors (Lipinski definition) is 1. The van der Waals surface area contributed by atoms with Crippen LogP contribution in [0.25, 0.3) is 0 Å². The maximum absolute atomic E-state index is 13.7. The molecule has 0 unspecified atom stereocenters. The fourth-order valence-electron chi connectivity index (χ4n) is 6.70. The molecular weight excluding hydrogens is 310 g/mol. The summed E-state index contributed by atoms with van der Waals surface area (Å²) in [5.41, 5.74) is 2.38. The van der Waals surface area contributed by atoms with Gasteiger partial charge in [-0.15, -0.1) is 0 Å². The smallest absolute Gasteiger partial charge is 0.229 e. The summed E-state index contributed by atoms with van der Waals surface area (Å²) in [6.45, 7) is 3.20. The molecule has 0 atom stereocenters. The zero-order valence-corrected chi connectivity index (χ0v) is 15.2. The highest BCUT2D eigenvalue weighted by atomic mass is 16.3. The Morgan fingerprint density at radius 3 is 2.12 bits per heavy atom. The van der Waals surface area contributed by atoms with Crippen molar-refractivity contribution < 1.29 is 9.90 Å². The predicted molar refractivity (Wildman–Crippen MR) is 96.9 cm³/mol.